The van der Waals surface area contributed by atoms with Crippen LogP contribution in [0.3, 0.4) is 0 Å². The van der Waals surface area contributed by atoms with E-state index < -0.39 is 11.2 Å². The summed E-state index contributed by atoms with van der Waals surface area (Å²) < 4.78 is 13.5. The van der Waals surface area contributed by atoms with Crippen LogP contribution in [0.25, 0.3) is 0 Å². The van der Waals surface area contributed by atoms with Crippen molar-refractivity contribution in [3.63, 3.8) is 0 Å². The molecule has 1 aliphatic carbocycles. The lowest BCUT2D eigenvalue weighted by molar-refractivity contribution is -0.118. The summed E-state index contributed by atoms with van der Waals surface area (Å²) in [5, 5.41) is 3.27. The molecule has 0 unspecified atom stereocenters. The molecule has 0 atom stereocenters. The van der Waals surface area contributed by atoms with Gasteiger partial charge < -0.3 is 5.32 Å². The average molecular weight is 291 g/mol. The van der Waals surface area contributed by atoms with Crippen LogP contribution in [0.5, 0.6) is 0 Å². The van der Waals surface area contributed by atoms with Gasteiger partial charge in [-0.25, -0.2) is 4.39 Å². The topological polar surface area (TPSA) is 42.0 Å². The quantitative estimate of drug-likeness (QED) is 0.939. The first-order chi connectivity index (χ1) is 9.62. The van der Waals surface area contributed by atoms with E-state index in [4.69, 9.17) is 11.6 Å². The lowest BCUT2D eigenvalue weighted by atomic mass is 9.95. The van der Waals surface area contributed by atoms with Crippen molar-refractivity contribution < 1.29 is 9.18 Å². The van der Waals surface area contributed by atoms with E-state index in [9.17, 15) is 9.18 Å². The van der Waals surface area contributed by atoms with E-state index in [0.29, 0.717) is 5.02 Å². The van der Waals surface area contributed by atoms with Crippen LogP contribution in [0, 0.1) is 5.82 Å². The van der Waals surface area contributed by atoms with Crippen LogP contribution >= 0.6 is 11.6 Å². The third-order valence-corrected chi connectivity index (χ3v) is 3.85. The Bertz CT molecular complexity index is 653. The largest absolute Gasteiger partial charge is 0.323 e. The third kappa shape index (κ3) is 2.27. The molecule has 3 rings (SSSR count). The normalized spacial score (nSPS) is 15.7. The van der Waals surface area contributed by atoms with Crippen molar-refractivity contribution in [2.45, 2.75) is 18.3 Å². The number of benzene rings is 1. The number of rotatable bonds is 3. The van der Waals surface area contributed by atoms with Crippen LogP contribution in [0.2, 0.25) is 5.02 Å². The summed E-state index contributed by atoms with van der Waals surface area (Å²) in [6.45, 7) is 0. The summed E-state index contributed by atoms with van der Waals surface area (Å²) in [5.41, 5.74) is 0.513. The fraction of sp³-hybridized carbons (Fsp3) is 0.200. The molecular weight excluding hydrogens is 279 g/mol. The van der Waals surface area contributed by atoms with Gasteiger partial charge in [0.05, 0.1) is 17.3 Å². The van der Waals surface area contributed by atoms with Crippen LogP contribution in [0.4, 0.5) is 10.1 Å². The van der Waals surface area contributed by atoms with Crippen molar-refractivity contribution in [2.75, 3.05) is 5.32 Å². The van der Waals surface area contributed by atoms with Crippen LogP contribution in [-0.2, 0) is 10.2 Å². The zero-order valence-corrected chi connectivity index (χ0v) is 11.3. The molecule has 0 bridgehead atoms. The van der Waals surface area contributed by atoms with Crippen molar-refractivity contribution in [1.29, 1.82) is 0 Å². The van der Waals surface area contributed by atoms with Crippen LogP contribution < -0.4 is 5.32 Å². The van der Waals surface area contributed by atoms with Crippen LogP contribution in [0.1, 0.15) is 18.4 Å². The monoisotopic (exact) mass is 290 g/mol. The Labute approximate surface area is 120 Å². The van der Waals surface area contributed by atoms with Gasteiger partial charge in [-0.15, -0.1) is 0 Å². The predicted octanol–water partition coefficient (Wildman–Crippen LogP) is 3.54. The Hall–Kier alpha value is -1.94. The molecule has 0 radical (unpaired) electrons. The molecular formula is C15H12ClFN2O. The standard InChI is InChI=1S/C15H12ClFN2O/c16-11-3-1-10(2-4-11)15(6-7-15)14(20)19-13-5-8-18-9-12(13)17/h1-5,8-9H,6-7H2,(H,18,19,20). The number of nitrogens with one attached hydrogen (secondary N) is 1. The molecule has 102 valence electrons. The molecule has 2 aromatic rings. The lowest BCUT2D eigenvalue weighted by Gasteiger charge is -2.16. The van der Waals surface area contributed by atoms with E-state index in [1.54, 1.807) is 12.1 Å². The van der Waals surface area contributed by atoms with Gasteiger partial charge in [0.15, 0.2) is 5.82 Å². The summed E-state index contributed by atoms with van der Waals surface area (Å²) in [7, 11) is 0. The van der Waals surface area contributed by atoms with Crippen molar-refractivity contribution >= 4 is 23.2 Å². The van der Waals surface area contributed by atoms with Crippen LogP contribution in [-0.4, -0.2) is 10.9 Å². The number of carbonyl (C=O) groups excluding carboxylic acids is 1. The summed E-state index contributed by atoms with van der Waals surface area (Å²) in [4.78, 5) is 16.1. The zero-order valence-electron chi connectivity index (χ0n) is 10.6. The van der Waals surface area contributed by atoms with Crippen molar-refractivity contribution in [3.05, 3.63) is 59.1 Å². The predicted molar refractivity (Wildman–Crippen MR) is 75.2 cm³/mol. The average Bonchev–Trinajstić information content (AvgIpc) is 3.24. The molecule has 0 aliphatic heterocycles. The fourth-order valence-corrected chi connectivity index (χ4v) is 2.39. The van der Waals surface area contributed by atoms with Gasteiger partial charge in [0.25, 0.3) is 0 Å². The van der Waals surface area contributed by atoms with E-state index in [1.807, 2.05) is 12.1 Å². The van der Waals surface area contributed by atoms with Crippen molar-refractivity contribution in [2.24, 2.45) is 0 Å². The highest BCUT2D eigenvalue weighted by molar-refractivity contribution is 6.30. The molecule has 20 heavy (non-hydrogen) atoms. The smallest absolute Gasteiger partial charge is 0.235 e. The number of pyridine rings is 1. The maximum Gasteiger partial charge on any atom is 0.235 e. The Morgan fingerprint density at radius 2 is 1.95 bits per heavy atom. The van der Waals surface area contributed by atoms with Gasteiger partial charge in [-0.3, -0.25) is 9.78 Å². The second kappa shape index (κ2) is 4.87. The summed E-state index contributed by atoms with van der Waals surface area (Å²) >= 11 is 5.86. The SMILES string of the molecule is O=C(Nc1ccncc1F)C1(c2ccc(Cl)cc2)CC1. The summed E-state index contributed by atoms with van der Waals surface area (Å²) in [5.74, 6) is -0.724. The summed E-state index contributed by atoms with van der Waals surface area (Å²) in [6.07, 6.45) is 4.04. The molecule has 1 aromatic carbocycles. The number of anilines is 1. The lowest BCUT2D eigenvalue weighted by Crippen LogP contribution is -2.28. The van der Waals surface area contributed by atoms with Gasteiger partial charge >= 0.3 is 0 Å². The molecule has 1 N–H and O–H groups in total. The van der Waals surface area contributed by atoms with Crippen LogP contribution in [0.15, 0.2) is 42.7 Å². The second-order valence-electron chi connectivity index (χ2n) is 4.90. The number of aromatic nitrogens is 1. The van der Waals surface area contributed by atoms with Gasteiger partial charge in [-0.2, -0.15) is 0 Å². The second-order valence-corrected chi connectivity index (χ2v) is 5.34. The highest BCUT2D eigenvalue weighted by Crippen LogP contribution is 2.49. The third-order valence-electron chi connectivity index (χ3n) is 3.60. The number of halogens is 2. The minimum Gasteiger partial charge on any atom is -0.323 e. The number of hydrogen-bond donors (Lipinski definition) is 1. The highest BCUT2D eigenvalue weighted by atomic mass is 35.5. The van der Waals surface area contributed by atoms with E-state index in [2.05, 4.69) is 10.3 Å². The number of amides is 1. The Balaban J connectivity index is 1.84. The van der Waals surface area contributed by atoms with Crippen molar-refractivity contribution in [3.8, 4) is 0 Å². The molecule has 1 fully saturated rings. The molecule has 3 nitrogen and oxygen atoms in total. The first kappa shape index (κ1) is 13.1. The van der Waals surface area contributed by atoms with Gasteiger partial charge in [0.2, 0.25) is 5.91 Å². The molecule has 1 amide bonds. The molecule has 0 saturated heterocycles. The molecule has 5 heteroatoms. The Kier molecular flexibility index (Phi) is 3.18. The van der Waals surface area contributed by atoms with E-state index in [0.717, 1.165) is 24.6 Å². The molecule has 1 aliphatic rings. The number of nitrogens with zero attached hydrogens (tertiary/aromatic N) is 1. The van der Waals surface area contributed by atoms with E-state index >= 15 is 0 Å². The minimum absolute atomic E-state index is 0.158. The number of carbonyl (C=O) groups is 1. The Morgan fingerprint density at radius 1 is 1.25 bits per heavy atom. The van der Waals surface area contributed by atoms with Gasteiger partial charge in [-0.1, -0.05) is 23.7 Å². The summed E-state index contributed by atoms with van der Waals surface area (Å²) in [6, 6.07) is 8.66. The minimum atomic E-state index is -0.555. The van der Waals surface area contributed by atoms with Crippen molar-refractivity contribution in [1.82, 2.24) is 4.98 Å². The molecule has 1 saturated carbocycles. The highest BCUT2D eigenvalue weighted by Gasteiger charge is 2.51. The first-order valence-corrected chi connectivity index (χ1v) is 6.67. The van der Waals surface area contributed by atoms with E-state index in [-0.39, 0.29) is 11.6 Å². The van der Waals surface area contributed by atoms with Gasteiger partial charge in [0, 0.05) is 11.2 Å². The maximum atomic E-state index is 13.5. The molecule has 1 heterocycles. The molecule has 1 aromatic heterocycles. The van der Waals surface area contributed by atoms with Gasteiger partial charge in [-0.05, 0) is 36.6 Å². The van der Waals surface area contributed by atoms with E-state index in [1.165, 1.54) is 12.3 Å². The first-order valence-electron chi connectivity index (χ1n) is 6.29. The maximum absolute atomic E-state index is 13.5. The zero-order chi connectivity index (χ0) is 14.2. The fourth-order valence-electron chi connectivity index (χ4n) is 2.26. The van der Waals surface area contributed by atoms with Gasteiger partial charge in [0.1, 0.15) is 0 Å². The Morgan fingerprint density at radius 3 is 2.55 bits per heavy atom. The number of hydrogen-bond acceptors (Lipinski definition) is 2. The molecule has 0 spiro atoms.